The minimum absolute atomic E-state index is 0.00116. The van der Waals surface area contributed by atoms with Gasteiger partial charge >= 0.3 is 0 Å². The van der Waals surface area contributed by atoms with Crippen molar-refractivity contribution in [3.63, 3.8) is 0 Å². The number of rotatable bonds is 2. The summed E-state index contributed by atoms with van der Waals surface area (Å²) in [7, 11) is 0. The predicted octanol–water partition coefficient (Wildman–Crippen LogP) is 0.989. The standard InChI is InChI=1S/C9H9N5O2S/c1-5(15)10-6-2-3-8(16)7(4-6)14-9(17)11-12-13-14/h2-4,16H,1H3,(H,10,15)(H,11,13,17). The van der Waals surface area contributed by atoms with Crippen molar-refractivity contribution in [3.8, 4) is 11.4 Å². The molecule has 0 fully saturated rings. The number of aromatic hydroxyl groups is 1. The number of carbonyl (C=O) groups is 1. The summed E-state index contributed by atoms with van der Waals surface area (Å²) in [4.78, 5) is 10.9. The van der Waals surface area contributed by atoms with E-state index in [9.17, 15) is 9.90 Å². The van der Waals surface area contributed by atoms with Crippen molar-refractivity contribution in [1.29, 1.82) is 0 Å². The van der Waals surface area contributed by atoms with Gasteiger partial charge < -0.3 is 10.4 Å². The van der Waals surface area contributed by atoms with E-state index in [1.165, 1.54) is 17.7 Å². The van der Waals surface area contributed by atoms with Crippen LogP contribution in [0.3, 0.4) is 0 Å². The highest BCUT2D eigenvalue weighted by Gasteiger charge is 2.08. The maximum Gasteiger partial charge on any atom is 0.243 e. The first-order valence-electron chi connectivity index (χ1n) is 4.69. The number of hydrogen-bond acceptors (Lipinski definition) is 5. The number of phenolic OH excluding ortho intramolecular Hbond substituents is 1. The Morgan fingerprint density at radius 3 is 2.94 bits per heavy atom. The average molecular weight is 251 g/mol. The number of carbonyl (C=O) groups excluding carboxylic acids is 1. The van der Waals surface area contributed by atoms with Gasteiger partial charge in [0.2, 0.25) is 10.7 Å². The first-order valence-corrected chi connectivity index (χ1v) is 5.10. The van der Waals surface area contributed by atoms with Crippen molar-refractivity contribution in [3.05, 3.63) is 23.0 Å². The van der Waals surface area contributed by atoms with E-state index in [0.29, 0.717) is 11.4 Å². The summed E-state index contributed by atoms with van der Waals surface area (Å²) in [6.45, 7) is 1.40. The molecule has 0 atom stereocenters. The van der Waals surface area contributed by atoms with Gasteiger partial charge in [-0.3, -0.25) is 4.79 Å². The number of amides is 1. The van der Waals surface area contributed by atoms with E-state index in [4.69, 9.17) is 12.2 Å². The fourth-order valence-electron chi connectivity index (χ4n) is 1.34. The molecule has 0 aliphatic heterocycles. The molecule has 0 saturated heterocycles. The summed E-state index contributed by atoms with van der Waals surface area (Å²) < 4.78 is 1.51. The van der Waals surface area contributed by atoms with Gasteiger partial charge in [-0.15, -0.1) is 0 Å². The summed E-state index contributed by atoms with van der Waals surface area (Å²) in [6, 6.07) is 4.59. The Morgan fingerprint density at radius 1 is 1.59 bits per heavy atom. The van der Waals surface area contributed by atoms with Crippen LogP contribution in [0.15, 0.2) is 18.2 Å². The number of nitrogens with one attached hydrogen (secondary N) is 2. The lowest BCUT2D eigenvalue weighted by molar-refractivity contribution is -0.114. The van der Waals surface area contributed by atoms with Gasteiger partial charge in [0.25, 0.3) is 0 Å². The van der Waals surface area contributed by atoms with Crippen LogP contribution in [0.5, 0.6) is 5.75 Å². The van der Waals surface area contributed by atoms with Crippen LogP contribution in [0.25, 0.3) is 5.69 Å². The van der Waals surface area contributed by atoms with Crippen molar-refractivity contribution in [2.75, 3.05) is 5.32 Å². The van der Waals surface area contributed by atoms with Crippen molar-refractivity contribution >= 4 is 23.8 Å². The van der Waals surface area contributed by atoms with Crippen LogP contribution >= 0.6 is 12.2 Å². The second-order valence-corrected chi connectivity index (χ2v) is 3.67. The molecule has 0 saturated carbocycles. The maximum atomic E-state index is 10.9. The third kappa shape index (κ3) is 2.31. The van der Waals surface area contributed by atoms with Crippen molar-refractivity contribution in [1.82, 2.24) is 20.2 Å². The maximum absolute atomic E-state index is 10.9. The van der Waals surface area contributed by atoms with Gasteiger partial charge in [-0.25, -0.2) is 4.68 Å². The zero-order valence-electron chi connectivity index (χ0n) is 8.84. The molecule has 1 heterocycles. The summed E-state index contributed by atoms with van der Waals surface area (Å²) in [5, 5.41) is 21.9. The van der Waals surface area contributed by atoms with E-state index in [1.54, 1.807) is 12.1 Å². The predicted molar refractivity (Wildman–Crippen MR) is 62.5 cm³/mol. The molecule has 3 N–H and O–H groups in total. The molecule has 0 spiro atoms. The van der Waals surface area contributed by atoms with Crippen LogP contribution < -0.4 is 5.32 Å². The Labute approximate surface area is 101 Å². The fourth-order valence-corrected chi connectivity index (χ4v) is 1.52. The van der Waals surface area contributed by atoms with Crippen LogP contribution in [0, 0.1) is 4.77 Å². The fraction of sp³-hybridized carbons (Fsp3) is 0.111. The highest BCUT2D eigenvalue weighted by atomic mass is 32.1. The van der Waals surface area contributed by atoms with E-state index in [0.717, 1.165) is 0 Å². The van der Waals surface area contributed by atoms with Gasteiger partial charge in [0.1, 0.15) is 11.4 Å². The number of hydrogen-bond donors (Lipinski definition) is 3. The number of nitrogens with zero attached hydrogens (tertiary/aromatic N) is 3. The van der Waals surface area contributed by atoms with E-state index in [2.05, 4.69) is 20.8 Å². The molecular weight excluding hydrogens is 242 g/mol. The van der Waals surface area contributed by atoms with Crippen LogP contribution in [-0.4, -0.2) is 31.2 Å². The lowest BCUT2D eigenvalue weighted by Gasteiger charge is -2.07. The van der Waals surface area contributed by atoms with Gasteiger partial charge in [0.15, 0.2) is 0 Å². The monoisotopic (exact) mass is 251 g/mol. The zero-order valence-corrected chi connectivity index (χ0v) is 9.65. The van der Waals surface area contributed by atoms with Crippen LogP contribution in [0.2, 0.25) is 0 Å². The van der Waals surface area contributed by atoms with Gasteiger partial charge in [-0.1, -0.05) is 10.3 Å². The van der Waals surface area contributed by atoms with E-state index < -0.39 is 0 Å². The van der Waals surface area contributed by atoms with Gasteiger partial charge in [-0.05, 0) is 30.4 Å². The molecule has 1 aromatic heterocycles. The third-order valence-electron chi connectivity index (χ3n) is 2.01. The van der Waals surface area contributed by atoms with Crippen molar-refractivity contribution < 1.29 is 9.90 Å². The Balaban J connectivity index is 2.50. The SMILES string of the molecule is CC(=O)Nc1ccc(O)c(-n2[nH]nnc2=S)c1. The molecule has 0 radical (unpaired) electrons. The highest BCUT2D eigenvalue weighted by molar-refractivity contribution is 7.71. The molecule has 2 aromatic rings. The van der Waals surface area contributed by atoms with Gasteiger partial charge in [0, 0.05) is 12.6 Å². The first-order chi connectivity index (χ1) is 8.08. The van der Waals surface area contributed by atoms with Crippen molar-refractivity contribution in [2.45, 2.75) is 6.92 Å². The van der Waals surface area contributed by atoms with Crippen LogP contribution in [0.4, 0.5) is 5.69 Å². The molecular formula is C9H9N5O2S. The summed E-state index contributed by atoms with van der Waals surface area (Å²) in [6.07, 6.45) is 0. The lowest BCUT2D eigenvalue weighted by Crippen LogP contribution is -2.06. The first kappa shape index (κ1) is 11.3. The van der Waals surface area contributed by atoms with Crippen LogP contribution in [-0.2, 0) is 4.79 Å². The summed E-state index contributed by atoms with van der Waals surface area (Å²) in [5.74, 6) is -0.200. The summed E-state index contributed by atoms with van der Waals surface area (Å²) >= 11 is 4.92. The molecule has 17 heavy (non-hydrogen) atoms. The highest BCUT2D eigenvalue weighted by Crippen LogP contribution is 2.24. The van der Waals surface area contributed by atoms with Crippen molar-refractivity contribution in [2.24, 2.45) is 0 Å². The largest absolute Gasteiger partial charge is 0.506 e. The number of H-pyrrole nitrogens is 1. The molecule has 0 unspecified atom stereocenters. The Morgan fingerprint density at radius 2 is 2.35 bits per heavy atom. The smallest absolute Gasteiger partial charge is 0.243 e. The molecule has 1 amide bonds. The minimum Gasteiger partial charge on any atom is -0.506 e. The van der Waals surface area contributed by atoms with E-state index >= 15 is 0 Å². The molecule has 88 valence electrons. The third-order valence-corrected chi connectivity index (χ3v) is 2.27. The number of phenols is 1. The minimum atomic E-state index is -0.201. The summed E-state index contributed by atoms with van der Waals surface area (Å²) in [5.41, 5.74) is 0.910. The number of aromatic amines is 1. The number of benzene rings is 1. The molecule has 2 rings (SSSR count). The van der Waals surface area contributed by atoms with Crippen LogP contribution in [0.1, 0.15) is 6.92 Å². The normalized spacial score (nSPS) is 10.2. The Hall–Kier alpha value is -2.22. The lowest BCUT2D eigenvalue weighted by atomic mass is 10.2. The van der Waals surface area contributed by atoms with E-state index in [-0.39, 0.29) is 16.4 Å². The van der Waals surface area contributed by atoms with E-state index in [1.807, 2.05) is 0 Å². The average Bonchev–Trinajstić information content (AvgIpc) is 2.67. The molecule has 0 aliphatic carbocycles. The molecule has 8 heteroatoms. The number of anilines is 1. The van der Waals surface area contributed by atoms with Gasteiger partial charge in [-0.2, -0.15) is 5.21 Å². The second-order valence-electron chi connectivity index (χ2n) is 3.30. The Bertz CT molecular complexity index is 618. The zero-order chi connectivity index (χ0) is 12.4. The second kappa shape index (κ2) is 4.34. The molecule has 0 bridgehead atoms. The molecule has 7 nitrogen and oxygen atoms in total. The molecule has 1 aromatic carbocycles. The number of tetrazole rings is 1. The molecule has 0 aliphatic rings. The quantitative estimate of drug-likeness (QED) is 0.546. The van der Waals surface area contributed by atoms with Gasteiger partial charge in [0.05, 0.1) is 0 Å². The topological polar surface area (TPSA) is 95.8 Å². The Kier molecular flexibility index (Phi) is 2.88. The number of aromatic nitrogens is 4.